The summed E-state index contributed by atoms with van der Waals surface area (Å²) in [5.41, 5.74) is 2.42. The molecule has 0 bridgehead atoms. The molecule has 0 aliphatic carbocycles. The van der Waals surface area contributed by atoms with Crippen molar-refractivity contribution in [2.24, 2.45) is 0 Å². The van der Waals surface area contributed by atoms with Gasteiger partial charge in [0.25, 0.3) is 5.91 Å². The normalized spacial score (nSPS) is 10.2. The van der Waals surface area contributed by atoms with Gasteiger partial charge in [0.1, 0.15) is 0 Å². The Balaban J connectivity index is 2.18. The molecule has 1 amide bonds. The smallest absolute Gasteiger partial charge is 0.294 e. The van der Waals surface area contributed by atoms with E-state index in [0.29, 0.717) is 5.69 Å². The van der Waals surface area contributed by atoms with Crippen LogP contribution in [0, 0.1) is 6.92 Å². The third-order valence-electron chi connectivity index (χ3n) is 2.38. The molecule has 17 heavy (non-hydrogen) atoms. The van der Waals surface area contributed by atoms with Crippen LogP contribution in [0.2, 0.25) is 0 Å². The molecule has 0 aromatic carbocycles. The highest BCUT2D eigenvalue weighted by atomic mass is 16.5. The fourth-order valence-corrected chi connectivity index (χ4v) is 1.49. The van der Waals surface area contributed by atoms with Gasteiger partial charge in [-0.25, -0.2) is 0 Å². The van der Waals surface area contributed by atoms with Gasteiger partial charge in [-0.15, -0.1) is 0 Å². The largest absolute Gasteiger partial charge is 0.351 e. The minimum absolute atomic E-state index is 0.210. The summed E-state index contributed by atoms with van der Waals surface area (Å²) in [6.45, 7) is 3.77. The van der Waals surface area contributed by atoms with Crippen molar-refractivity contribution < 1.29 is 9.32 Å². The second-order valence-electron chi connectivity index (χ2n) is 3.67. The average molecular weight is 231 g/mol. The van der Waals surface area contributed by atoms with Gasteiger partial charge < -0.3 is 9.84 Å². The Morgan fingerprint density at radius 2 is 2.35 bits per heavy atom. The number of nitrogens with one attached hydrogen (secondary N) is 1. The highest BCUT2D eigenvalue weighted by Gasteiger charge is 2.12. The van der Waals surface area contributed by atoms with Crippen LogP contribution >= 0.6 is 0 Å². The molecule has 5 heteroatoms. The van der Waals surface area contributed by atoms with E-state index in [1.165, 1.54) is 0 Å². The number of anilines is 1. The Bertz CT molecular complexity index is 534. The summed E-state index contributed by atoms with van der Waals surface area (Å²) < 4.78 is 4.89. The van der Waals surface area contributed by atoms with Crippen molar-refractivity contribution in [2.45, 2.75) is 20.3 Å². The second kappa shape index (κ2) is 4.78. The first-order chi connectivity index (χ1) is 8.20. The molecule has 2 rings (SSSR count). The second-order valence-corrected chi connectivity index (χ2v) is 3.67. The SMILES string of the molecule is CCc1cnccc1NC(=O)c1cc(C)no1. The van der Waals surface area contributed by atoms with Crippen molar-refractivity contribution in [3.63, 3.8) is 0 Å². The van der Waals surface area contributed by atoms with Gasteiger partial charge in [-0.3, -0.25) is 9.78 Å². The summed E-state index contributed by atoms with van der Waals surface area (Å²) in [7, 11) is 0. The number of carbonyl (C=O) groups excluding carboxylic acids is 1. The van der Waals surface area contributed by atoms with E-state index in [1.54, 1.807) is 31.5 Å². The van der Waals surface area contributed by atoms with Crippen molar-refractivity contribution >= 4 is 11.6 Å². The van der Waals surface area contributed by atoms with Crippen LogP contribution in [-0.4, -0.2) is 16.0 Å². The summed E-state index contributed by atoms with van der Waals surface area (Å²) in [4.78, 5) is 15.8. The minimum Gasteiger partial charge on any atom is -0.351 e. The van der Waals surface area contributed by atoms with Gasteiger partial charge in [0.05, 0.1) is 5.69 Å². The van der Waals surface area contributed by atoms with E-state index in [0.717, 1.165) is 17.7 Å². The first-order valence-electron chi connectivity index (χ1n) is 5.38. The molecule has 5 nitrogen and oxygen atoms in total. The van der Waals surface area contributed by atoms with E-state index in [1.807, 2.05) is 6.92 Å². The number of hydrogen-bond donors (Lipinski definition) is 1. The third-order valence-corrected chi connectivity index (χ3v) is 2.38. The zero-order valence-corrected chi connectivity index (χ0v) is 9.73. The van der Waals surface area contributed by atoms with E-state index in [4.69, 9.17) is 4.52 Å². The number of aryl methyl sites for hydroxylation is 2. The Morgan fingerprint density at radius 1 is 1.53 bits per heavy atom. The molecule has 0 aliphatic heterocycles. The van der Waals surface area contributed by atoms with Gasteiger partial charge in [0.2, 0.25) is 5.76 Å². The van der Waals surface area contributed by atoms with Crippen molar-refractivity contribution in [3.8, 4) is 0 Å². The van der Waals surface area contributed by atoms with Crippen LogP contribution < -0.4 is 5.32 Å². The number of aromatic nitrogens is 2. The maximum absolute atomic E-state index is 11.8. The lowest BCUT2D eigenvalue weighted by molar-refractivity contribution is 0.0988. The van der Waals surface area contributed by atoms with Gasteiger partial charge in [0.15, 0.2) is 0 Å². The van der Waals surface area contributed by atoms with Crippen LogP contribution in [0.4, 0.5) is 5.69 Å². The molecule has 2 aromatic rings. The zero-order chi connectivity index (χ0) is 12.3. The summed E-state index contributed by atoms with van der Waals surface area (Å²) in [5, 5.41) is 6.45. The number of nitrogens with zero attached hydrogens (tertiary/aromatic N) is 2. The van der Waals surface area contributed by atoms with Crippen LogP contribution in [0.1, 0.15) is 28.7 Å². The average Bonchev–Trinajstić information content (AvgIpc) is 2.77. The third kappa shape index (κ3) is 2.50. The highest BCUT2D eigenvalue weighted by Crippen LogP contribution is 2.15. The van der Waals surface area contributed by atoms with Gasteiger partial charge in [-0.05, 0) is 25.0 Å². The number of hydrogen-bond acceptors (Lipinski definition) is 4. The maximum atomic E-state index is 11.8. The lowest BCUT2D eigenvalue weighted by Crippen LogP contribution is -2.12. The van der Waals surface area contributed by atoms with Crippen LogP contribution in [0.25, 0.3) is 0 Å². The number of carbonyl (C=O) groups is 1. The van der Waals surface area contributed by atoms with Crippen LogP contribution in [0.15, 0.2) is 29.0 Å². The first-order valence-corrected chi connectivity index (χ1v) is 5.38. The number of pyridine rings is 1. The topological polar surface area (TPSA) is 68.0 Å². The lowest BCUT2D eigenvalue weighted by Gasteiger charge is -2.06. The summed E-state index contributed by atoms with van der Waals surface area (Å²) in [6.07, 6.45) is 4.18. The fourth-order valence-electron chi connectivity index (χ4n) is 1.49. The molecule has 0 radical (unpaired) electrons. The Labute approximate surface area is 98.8 Å². The molecule has 0 unspecified atom stereocenters. The summed E-state index contributed by atoms with van der Waals surface area (Å²) in [5.74, 6) is -0.0899. The van der Waals surface area contributed by atoms with Gasteiger partial charge in [-0.2, -0.15) is 0 Å². The molecule has 0 saturated heterocycles. The molecule has 0 atom stereocenters. The summed E-state index contributed by atoms with van der Waals surface area (Å²) in [6, 6.07) is 3.36. The van der Waals surface area contributed by atoms with Crippen molar-refractivity contribution in [1.29, 1.82) is 0 Å². The lowest BCUT2D eigenvalue weighted by atomic mass is 10.2. The quantitative estimate of drug-likeness (QED) is 0.879. The van der Waals surface area contributed by atoms with Crippen LogP contribution in [0.3, 0.4) is 0 Å². The molecule has 0 spiro atoms. The van der Waals surface area contributed by atoms with Crippen LogP contribution in [0.5, 0.6) is 0 Å². The predicted octanol–water partition coefficient (Wildman–Crippen LogP) is 2.19. The molecular weight excluding hydrogens is 218 g/mol. The van der Waals surface area contributed by atoms with Gasteiger partial charge >= 0.3 is 0 Å². The molecule has 88 valence electrons. The molecular formula is C12H13N3O2. The maximum Gasteiger partial charge on any atom is 0.294 e. The number of rotatable bonds is 3. The van der Waals surface area contributed by atoms with Crippen molar-refractivity contribution in [3.05, 3.63) is 41.5 Å². The Hall–Kier alpha value is -2.17. The van der Waals surface area contributed by atoms with E-state index >= 15 is 0 Å². The summed E-state index contributed by atoms with van der Waals surface area (Å²) >= 11 is 0. The number of amides is 1. The van der Waals surface area contributed by atoms with Crippen molar-refractivity contribution in [1.82, 2.24) is 10.1 Å². The minimum atomic E-state index is -0.300. The predicted molar refractivity (Wildman–Crippen MR) is 62.8 cm³/mol. The van der Waals surface area contributed by atoms with E-state index in [2.05, 4.69) is 15.5 Å². The molecule has 0 aliphatic rings. The fraction of sp³-hybridized carbons (Fsp3) is 0.250. The highest BCUT2D eigenvalue weighted by molar-refractivity contribution is 6.02. The van der Waals surface area contributed by atoms with Gasteiger partial charge in [-0.1, -0.05) is 12.1 Å². The first kappa shape index (κ1) is 11.3. The Kier molecular flexibility index (Phi) is 3.18. The molecule has 1 N–H and O–H groups in total. The van der Waals surface area contributed by atoms with E-state index < -0.39 is 0 Å². The van der Waals surface area contributed by atoms with Gasteiger partial charge in [0, 0.05) is 24.1 Å². The van der Waals surface area contributed by atoms with E-state index in [-0.39, 0.29) is 11.7 Å². The Morgan fingerprint density at radius 3 is 3.00 bits per heavy atom. The standard InChI is InChI=1S/C12H13N3O2/c1-3-9-7-13-5-4-10(9)14-12(16)11-6-8(2)15-17-11/h4-7H,3H2,1-2H3,(H,13,14,16). The molecule has 0 saturated carbocycles. The zero-order valence-electron chi connectivity index (χ0n) is 9.73. The van der Waals surface area contributed by atoms with E-state index in [9.17, 15) is 4.79 Å². The molecule has 2 aromatic heterocycles. The van der Waals surface area contributed by atoms with Crippen molar-refractivity contribution in [2.75, 3.05) is 5.32 Å². The molecule has 0 fully saturated rings. The monoisotopic (exact) mass is 231 g/mol. The molecule has 2 heterocycles. The van der Waals surface area contributed by atoms with Crippen LogP contribution in [-0.2, 0) is 6.42 Å².